The first-order valence-corrected chi connectivity index (χ1v) is 8.67. The van der Waals surface area contributed by atoms with Crippen molar-refractivity contribution in [1.29, 1.82) is 0 Å². The first-order valence-electron chi connectivity index (χ1n) is 6.30. The topological polar surface area (TPSA) is 83.5 Å². The van der Waals surface area contributed by atoms with Crippen LogP contribution in [0, 0.1) is 0 Å². The van der Waals surface area contributed by atoms with E-state index in [1.807, 2.05) is 0 Å². The molecular weight excluding hydrogens is 322 g/mol. The summed E-state index contributed by atoms with van der Waals surface area (Å²) in [4.78, 5) is 11.6. The van der Waals surface area contributed by atoms with Gasteiger partial charge in [-0.25, -0.2) is 13.2 Å². The summed E-state index contributed by atoms with van der Waals surface area (Å²) < 4.78 is 27.1. The van der Waals surface area contributed by atoms with E-state index >= 15 is 0 Å². The second-order valence-electron chi connectivity index (χ2n) is 4.55. The third kappa shape index (κ3) is 2.56. The van der Waals surface area contributed by atoms with Crippen molar-refractivity contribution in [2.24, 2.45) is 0 Å². The molecule has 0 fully saturated rings. The highest BCUT2D eigenvalue weighted by Crippen LogP contribution is 2.29. The summed E-state index contributed by atoms with van der Waals surface area (Å²) in [6.45, 7) is 0. The Morgan fingerprint density at radius 2 is 1.82 bits per heavy atom. The number of carboxylic acid groups (broad SMARTS) is 1. The van der Waals surface area contributed by atoms with Crippen LogP contribution in [0.15, 0.2) is 58.1 Å². The number of thiophene rings is 1. The van der Waals surface area contributed by atoms with Crippen LogP contribution < -0.4 is 4.72 Å². The standard InChI is InChI=1S/C15H11NO4S2/c17-15(18)14-11-5-2-1-4-10(11)7-8-12(14)16-22(19,20)13-6-3-9-21-13/h1-9,16H,(H,17,18). The second-order valence-corrected chi connectivity index (χ2v) is 7.41. The number of carbonyl (C=O) groups is 1. The summed E-state index contributed by atoms with van der Waals surface area (Å²) in [5, 5.41) is 12.3. The molecule has 22 heavy (non-hydrogen) atoms. The monoisotopic (exact) mass is 333 g/mol. The summed E-state index contributed by atoms with van der Waals surface area (Å²) in [7, 11) is -3.79. The maximum atomic E-state index is 12.3. The predicted molar refractivity (Wildman–Crippen MR) is 86.0 cm³/mol. The van der Waals surface area contributed by atoms with Gasteiger partial charge in [0.15, 0.2) is 0 Å². The molecule has 1 aromatic heterocycles. The number of hydrogen-bond donors (Lipinski definition) is 2. The zero-order valence-corrected chi connectivity index (χ0v) is 12.8. The van der Waals surface area contributed by atoms with Crippen LogP contribution in [0.3, 0.4) is 0 Å². The van der Waals surface area contributed by atoms with E-state index < -0.39 is 16.0 Å². The zero-order valence-electron chi connectivity index (χ0n) is 11.2. The lowest BCUT2D eigenvalue weighted by Crippen LogP contribution is -2.14. The first-order chi connectivity index (χ1) is 10.5. The molecule has 0 saturated carbocycles. The fourth-order valence-corrected chi connectivity index (χ4v) is 4.26. The fraction of sp³-hybridized carbons (Fsp3) is 0. The quantitative estimate of drug-likeness (QED) is 0.766. The van der Waals surface area contributed by atoms with Crippen molar-refractivity contribution in [1.82, 2.24) is 0 Å². The van der Waals surface area contributed by atoms with Crippen LogP contribution in [0.1, 0.15) is 10.4 Å². The maximum absolute atomic E-state index is 12.3. The van der Waals surface area contributed by atoms with Crippen molar-refractivity contribution in [2.45, 2.75) is 4.21 Å². The van der Waals surface area contributed by atoms with E-state index in [0.29, 0.717) is 5.39 Å². The van der Waals surface area contributed by atoms with Gasteiger partial charge in [0.1, 0.15) is 4.21 Å². The number of hydrogen-bond acceptors (Lipinski definition) is 4. The van der Waals surface area contributed by atoms with Gasteiger partial charge in [0.05, 0.1) is 11.3 Å². The number of anilines is 1. The van der Waals surface area contributed by atoms with Crippen molar-refractivity contribution >= 4 is 43.8 Å². The van der Waals surface area contributed by atoms with E-state index in [2.05, 4.69) is 4.72 Å². The lowest BCUT2D eigenvalue weighted by atomic mass is 10.0. The molecule has 0 unspecified atom stereocenters. The average molecular weight is 333 g/mol. The van der Waals surface area contributed by atoms with Crippen molar-refractivity contribution in [2.75, 3.05) is 4.72 Å². The van der Waals surface area contributed by atoms with Crippen LogP contribution in [0.2, 0.25) is 0 Å². The molecular formula is C15H11NO4S2. The van der Waals surface area contributed by atoms with Crippen LogP contribution in [0.4, 0.5) is 5.69 Å². The van der Waals surface area contributed by atoms with Crippen LogP contribution in [0.5, 0.6) is 0 Å². The predicted octanol–water partition coefficient (Wildman–Crippen LogP) is 3.40. The molecule has 1 heterocycles. The number of carboxylic acids is 1. The van der Waals surface area contributed by atoms with Crippen molar-refractivity contribution < 1.29 is 18.3 Å². The average Bonchev–Trinajstić information content (AvgIpc) is 3.01. The highest BCUT2D eigenvalue weighted by molar-refractivity contribution is 7.94. The number of rotatable bonds is 4. The molecule has 112 valence electrons. The van der Waals surface area contributed by atoms with Crippen molar-refractivity contribution in [3.05, 3.63) is 59.5 Å². The largest absolute Gasteiger partial charge is 0.478 e. The van der Waals surface area contributed by atoms with Crippen LogP contribution in [-0.2, 0) is 10.0 Å². The first kappa shape index (κ1) is 14.6. The van der Waals surface area contributed by atoms with Gasteiger partial charge in [-0.2, -0.15) is 0 Å². The summed E-state index contributed by atoms with van der Waals surface area (Å²) in [5.74, 6) is -1.18. The summed E-state index contributed by atoms with van der Waals surface area (Å²) >= 11 is 1.07. The van der Waals surface area contributed by atoms with E-state index in [0.717, 1.165) is 16.7 Å². The van der Waals surface area contributed by atoms with Crippen LogP contribution >= 0.6 is 11.3 Å². The minimum atomic E-state index is -3.79. The molecule has 5 nitrogen and oxygen atoms in total. The van der Waals surface area contributed by atoms with Gasteiger partial charge in [-0.1, -0.05) is 36.4 Å². The summed E-state index contributed by atoms with van der Waals surface area (Å²) in [6, 6.07) is 13.2. The smallest absolute Gasteiger partial charge is 0.338 e. The number of benzene rings is 2. The lowest BCUT2D eigenvalue weighted by molar-refractivity contribution is 0.0700. The molecule has 2 aromatic carbocycles. The van der Waals surface area contributed by atoms with Crippen LogP contribution in [-0.4, -0.2) is 19.5 Å². The highest BCUT2D eigenvalue weighted by atomic mass is 32.2. The van der Waals surface area contributed by atoms with E-state index in [1.54, 1.807) is 41.8 Å². The van der Waals surface area contributed by atoms with Gasteiger partial charge in [0, 0.05) is 0 Å². The SMILES string of the molecule is O=C(O)c1c(NS(=O)(=O)c2cccs2)ccc2ccccc12. The number of sulfonamides is 1. The van der Waals surface area contributed by atoms with Gasteiger partial charge in [-0.05, 0) is 28.3 Å². The normalized spacial score (nSPS) is 11.5. The Bertz CT molecular complexity index is 947. The number of nitrogens with one attached hydrogen (secondary N) is 1. The molecule has 0 amide bonds. The Kier molecular flexibility index (Phi) is 3.59. The highest BCUT2D eigenvalue weighted by Gasteiger charge is 2.21. The lowest BCUT2D eigenvalue weighted by Gasteiger charge is -2.11. The van der Waals surface area contributed by atoms with Crippen LogP contribution in [0.25, 0.3) is 10.8 Å². The van der Waals surface area contributed by atoms with Gasteiger partial charge in [-0.3, -0.25) is 4.72 Å². The summed E-state index contributed by atoms with van der Waals surface area (Å²) in [5.41, 5.74) is -0.00201. The minimum Gasteiger partial charge on any atom is -0.478 e. The molecule has 0 aliphatic rings. The van der Waals surface area contributed by atoms with Gasteiger partial charge in [0.2, 0.25) is 0 Å². The van der Waals surface area contributed by atoms with E-state index in [1.165, 1.54) is 12.1 Å². The molecule has 0 saturated heterocycles. The van der Waals surface area contributed by atoms with Gasteiger partial charge >= 0.3 is 5.97 Å². The number of aromatic carboxylic acids is 1. The molecule has 0 radical (unpaired) electrons. The summed E-state index contributed by atoms with van der Waals surface area (Å²) in [6.07, 6.45) is 0. The molecule has 3 rings (SSSR count). The second kappa shape index (κ2) is 5.43. The van der Waals surface area contributed by atoms with E-state index in [4.69, 9.17) is 0 Å². The third-order valence-corrected chi connectivity index (χ3v) is 5.91. The fourth-order valence-electron chi connectivity index (χ4n) is 2.20. The zero-order chi connectivity index (χ0) is 15.7. The molecule has 3 aromatic rings. The Morgan fingerprint density at radius 3 is 2.50 bits per heavy atom. The van der Waals surface area contributed by atoms with Crippen molar-refractivity contribution in [3.8, 4) is 0 Å². The van der Waals surface area contributed by atoms with Gasteiger partial charge in [0.25, 0.3) is 10.0 Å². The minimum absolute atomic E-state index is 0.0552. The van der Waals surface area contributed by atoms with Crippen molar-refractivity contribution in [3.63, 3.8) is 0 Å². The molecule has 7 heteroatoms. The molecule has 0 spiro atoms. The third-order valence-electron chi connectivity index (χ3n) is 3.15. The molecule has 0 aliphatic heterocycles. The Labute approximate surface area is 130 Å². The molecule has 0 bridgehead atoms. The van der Waals surface area contributed by atoms with E-state index in [-0.39, 0.29) is 15.5 Å². The number of fused-ring (bicyclic) bond motifs is 1. The maximum Gasteiger partial charge on any atom is 0.338 e. The van der Waals surface area contributed by atoms with Gasteiger partial charge < -0.3 is 5.11 Å². The molecule has 2 N–H and O–H groups in total. The molecule has 0 atom stereocenters. The van der Waals surface area contributed by atoms with Gasteiger partial charge in [-0.15, -0.1) is 11.3 Å². The Balaban J connectivity index is 2.16. The molecule has 0 aliphatic carbocycles. The van der Waals surface area contributed by atoms with E-state index in [9.17, 15) is 18.3 Å². The Hall–Kier alpha value is -2.38. The Morgan fingerprint density at radius 1 is 1.05 bits per heavy atom.